The molecule has 9 heteroatoms. The van der Waals surface area contributed by atoms with Gasteiger partial charge in [-0.2, -0.15) is 0 Å². The van der Waals surface area contributed by atoms with Gasteiger partial charge in [0.25, 0.3) is 15.9 Å². The van der Waals surface area contributed by atoms with Crippen molar-refractivity contribution in [1.29, 1.82) is 0 Å². The first kappa shape index (κ1) is 23.2. The number of piperidine rings is 1. The average molecular weight is 490 g/mol. The summed E-state index contributed by atoms with van der Waals surface area (Å²) >= 11 is 0. The molecule has 1 saturated heterocycles. The van der Waals surface area contributed by atoms with Gasteiger partial charge in [-0.1, -0.05) is 24.6 Å². The number of nitrogens with zero attached hydrogens (tertiary/aromatic N) is 3. The first-order valence-electron chi connectivity index (χ1n) is 11.6. The average Bonchev–Trinajstić information content (AvgIpc) is 3.56. The topological polar surface area (TPSA) is 64.4 Å². The lowest BCUT2D eigenvalue weighted by atomic mass is 9.95. The molecule has 0 amide bonds. The van der Waals surface area contributed by atoms with E-state index in [4.69, 9.17) is 4.74 Å². The van der Waals surface area contributed by atoms with Crippen molar-refractivity contribution < 1.29 is 21.9 Å². The zero-order chi connectivity index (χ0) is 24.3. The Balaban J connectivity index is 1.68. The summed E-state index contributed by atoms with van der Waals surface area (Å²) in [6.07, 6.45) is 3.60. The molecule has 2 aromatic heterocycles. The molecule has 3 heterocycles. The van der Waals surface area contributed by atoms with E-state index in [1.807, 2.05) is 17.9 Å². The fraction of sp³-hybridized carbons (Fsp3) is 0.480. The Bertz CT molecular complexity index is 1330. The number of pyridine rings is 1. The largest absolute Gasteiger partial charge is 0.479 e. The molecule has 5 rings (SSSR count). The molecular weight excluding hydrogens is 460 g/mol. The van der Waals surface area contributed by atoms with E-state index < -0.39 is 21.9 Å². The number of hydrogen-bond donors (Lipinski definition) is 0. The lowest BCUT2D eigenvalue weighted by molar-refractivity contribution is -0.100. The highest BCUT2D eigenvalue weighted by Gasteiger charge is 2.41. The van der Waals surface area contributed by atoms with Crippen molar-refractivity contribution in [1.82, 2.24) is 13.9 Å². The fourth-order valence-corrected chi connectivity index (χ4v) is 6.36. The second kappa shape index (κ2) is 8.30. The van der Waals surface area contributed by atoms with Gasteiger partial charge in [-0.3, -0.25) is 4.90 Å². The van der Waals surface area contributed by atoms with Gasteiger partial charge in [0.1, 0.15) is 5.52 Å². The van der Waals surface area contributed by atoms with Crippen molar-refractivity contribution in [3.8, 4) is 5.88 Å². The van der Waals surface area contributed by atoms with Crippen LogP contribution in [0.4, 0.5) is 8.78 Å². The van der Waals surface area contributed by atoms with Crippen molar-refractivity contribution >= 4 is 20.9 Å². The molecule has 0 radical (unpaired) electrons. The highest BCUT2D eigenvalue weighted by molar-refractivity contribution is 7.90. The molecule has 1 aliphatic carbocycles. The molecule has 1 unspecified atom stereocenters. The summed E-state index contributed by atoms with van der Waals surface area (Å²) in [4.78, 5) is 6.51. The van der Waals surface area contributed by atoms with Crippen LogP contribution in [-0.4, -0.2) is 48.4 Å². The van der Waals surface area contributed by atoms with Crippen LogP contribution in [0, 0.1) is 12.8 Å². The van der Waals surface area contributed by atoms with E-state index in [-0.39, 0.29) is 36.8 Å². The first-order valence-corrected chi connectivity index (χ1v) is 13.1. The molecule has 2 aliphatic rings. The Kier molecular flexibility index (Phi) is 5.67. The van der Waals surface area contributed by atoms with Crippen LogP contribution in [0.5, 0.6) is 5.88 Å². The van der Waals surface area contributed by atoms with Gasteiger partial charge in [0.15, 0.2) is 0 Å². The molecule has 1 saturated carbocycles. The third-order valence-corrected chi connectivity index (χ3v) is 8.80. The van der Waals surface area contributed by atoms with Crippen LogP contribution < -0.4 is 4.74 Å². The summed E-state index contributed by atoms with van der Waals surface area (Å²) < 4.78 is 62.9. The molecule has 0 bridgehead atoms. The number of aryl methyl sites for hydroxylation is 1. The van der Waals surface area contributed by atoms with Gasteiger partial charge >= 0.3 is 0 Å². The Labute approximate surface area is 198 Å². The quantitative estimate of drug-likeness (QED) is 0.491. The molecular formula is C25H29F2N3O3S. The third-order valence-electron chi connectivity index (χ3n) is 7.03. The van der Waals surface area contributed by atoms with E-state index in [0.717, 1.165) is 29.4 Å². The monoisotopic (exact) mass is 489 g/mol. The summed E-state index contributed by atoms with van der Waals surface area (Å²) in [6.45, 7) is 4.09. The summed E-state index contributed by atoms with van der Waals surface area (Å²) in [5.74, 6) is -2.92. The zero-order valence-corrected chi connectivity index (χ0v) is 20.4. The van der Waals surface area contributed by atoms with Crippen molar-refractivity contribution in [3.63, 3.8) is 0 Å². The number of rotatable bonds is 6. The van der Waals surface area contributed by atoms with Gasteiger partial charge in [-0.25, -0.2) is 26.2 Å². The molecule has 1 atom stereocenters. The van der Waals surface area contributed by atoms with Gasteiger partial charge in [0.05, 0.1) is 12.0 Å². The van der Waals surface area contributed by atoms with Crippen molar-refractivity contribution in [3.05, 3.63) is 53.3 Å². The molecule has 3 aromatic rings. The number of hydrogen-bond acceptors (Lipinski definition) is 5. The van der Waals surface area contributed by atoms with Crippen LogP contribution in [0.2, 0.25) is 0 Å². The van der Waals surface area contributed by atoms with Crippen LogP contribution in [0.3, 0.4) is 0 Å². The van der Waals surface area contributed by atoms with E-state index >= 15 is 0 Å². The van der Waals surface area contributed by atoms with Gasteiger partial charge in [0.2, 0.25) is 5.88 Å². The van der Waals surface area contributed by atoms with Crippen LogP contribution in [-0.2, 0) is 16.6 Å². The molecule has 2 fully saturated rings. The number of likely N-dealkylation sites (tertiary alicyclic amines) is 1. The summed E-state index contributed by atoms with van der Waals surface area (Å²) in [5, 5.41) is 0.801. The second-order valence-corrected chi connectivity index (χ2v) is 11.4. The normalized spacial score (nSPS) is 21.1. The molecule has 6 nitrogen and oxygen atoms in total. The first-order chi connectivity index (χ1) is 16.1. The van der Waals surface area contributed by atoms with Gasteiger partial charge in [0, 0.05) is 49.2 Å². The van der Waals surface area contributed by atoms with Crippen molar-refractivity contribution in [2.24, 2.45) is 5.92 Å². The van der Waals surface area contributed by atoms with E-state index in [2.05, 4.69) is 4.98 Å². The minimum Gasteiger partial charge on any atom is -0.479 e. The second-order valence-electron chi connectivity index (χ2n) is 9.62. The third kappa shape index (κ3) is 3.98. The van der Waals surface area contributed by atoms with E-state index in [1.165, 1.54) is 11.1 Å². The Morgan fingerprint density at radius 1 is 1.21 bits per heavy atom. The Hall–Kier alpha value is -2.52. The number of fused-ring (bicyclic) bond motifs is 1. The van der Waals surface area contributed by atoms with Gasteiger partial charge in [-0.05, 0) is 49.4 Å². The summed E-state index contributed by atoms with van der Waals surface area (Å²) in [5.41, 5.74) is 2.91. The number of aromatic nitrogens is 2. The lowest BCUT2D eigenvalue weighted by Gasteiger charge is -2.36. The maximum absolute atomic E-state index is 14.1. The predicted octanol–water partition coefficient (Wildman–Crippen LogP) is 4.94. The molecule has 0 N–H and O–H groups in total. The summed E-state index contributed by atoms with van der Waals surface area (Å²) in [7, 11) is -2.51. The molecule has 1 aromatic carbocycles. The van der Waals surface area contributed by atoms with Crippen molar-refractivity contribution in [2.75, 3.05) is 20.2 Å². The highest BCUT2D eigenvalue weighted by atomic mass is 32.2. The maximum atomic E-state index is 14.1. The van der Waals surface area contributed by atoms with E-state index in [9.17, 15) is 17.2 Å². The Morgan fingerprint density at radius 3 is 2.53 bits per heavy atom. The number of benzene rings is 1. The number of methoxy groups -OCH3 is 1. The smallest absolute Gasteiger partial charge is 0.268 e. The zero-order valence-electron chi connectivity index (χ0n) is 19.6. The minimum absolute atomic E-state index is 0.161. The van der Waals surface area contributed by atoms with Crippen LogP contribution in [0.25, 0.3) is 10.9 Å². The number of halogens is 2. The van der Waals surface area contributed by atoms with Crippen LogP contribution in [0.1, 0.15) is 48.9 Å². The van der Waals surface area contributed by atoms with Crippen molar-refractivity contribution in [2.45, 2.75) is 56.4 Å². The lowest BCUT2D eigenvalue weighted by Crippen LogP contribution is -2.45. The number of alkyl halides is 2. The maximum Gasteiger partial charge on any atom is 0.268 e. The minimum atomic E-state index is -3.99. The molecule has 0 spiro atoms. The molecule has 34 heavy (non-hydrogen) atoms. The SMILES string of the molecule is COc1ncc(C2CC2)c2cc(CN3CCC(F)(F)C(C)C3)n(S(=O)(=O)c3ccc(C)cc3)c12. The molecule has 1 aliphatic heterocycles. The standard InChI is InChI=1S/C25H29F2N3O3S/c1-16-4-8-20(9-5-16)34(31,32)30-19(15-29-11-10-25(26,27)17(2)14-29)12-21-22(18-6-7-18)13-28-24(33-3)23(21)30/h4-5,8-9,12-13,17-18H,6-7,10-11,14-15H2,1-3H3. The Morgan fingerprint density at radius 2 is 1.91 bits per heavy atom. The van der Waals surface area contributed by atoms with Gasteiger partial charge in [-0.15, -0.1) is 0 Å². The summed E-state index contributed by atoms with van der Waals surface area (Å²) in [6, 6.07) is 8.59. The highest BCUT2D eigenvalue weighted by Crippen LogP contribution is 2.45. The van der Waals surface area contributed by atoms with E-state index in [0.29, 0.717) is 17.1 Å². The predicted molar refractivity (Wildman–Crippen MR) is 126 cm³/mol. The fourth-order valence-electron chi connectivity index (χ4n) is 4.84. The van der Waals surface area contributed by atoms with Crippen LogP contribution >= 0.6 is 0 Å². The van der Waals surface area contributed by atoms with Crippen LogP contribution in [0.15, 0.2) is 41.4 Å². The van der Waals surface area contributed by atoms with E-state index in [1.54, 1.807) is 37.4 Å². The number of ether oxygens (including phenoxy) is 1. The van der Waals surface area contributed by atoms with Gasteiger partial charge < -0.3 is 4.74 Å². The molecule has 182 valence electrons.